The molecule has 112 valence electrons. The molecule has 0 aliphatic carbocycles. The van der Waals surface area contributed by atoms with Crippen molar-refractivity contribution in [3.8, 4) is 0 Å². The first kappa shape index (κ1) is 14.1. The zero-order chi connectivity index (χ0) is 14.7. The van der Waals surface area contributed by atoms with Crippen LogP contribution < -0.4 is 5.32 Å². The third-order valence-corrected chi connectivity index (χ3v) is 4.08. The van der Waals surface area contributed by atoms with Crippen LogP contribution in [0.15, 0.2) is 36.5 Å². The molecular weight excluding hydrogens is 260 g/mol. The van der Waals surface area contributed by atoms with Gasteiger partial charge in [0.2, 0.25) is 5.95 Å². The second-order valence-electron chi connectivity index (χ2n) is 6.02. The van der Waals surface area contributed by atoms with Gasteiger partial charge in [-0.2, -0.15) is 0 Å². The van der Waals surface area contributed by atoms with Crippen LogP contribution in [-0.2, 0) is 13.6 Å². The van der Waals surface area contributed by atoms with Gasteiger partial charge in [-0.3, -0.25) is 4.90 Å². The van der Waals surface area contributed by atoms with Crippen molar-refractivity contribution >= 4 is 5.95 Å². The summed E-state index contributed by atoms with van der Waals surface area (Å²) < 4.78 is 2.07. The molecule has 1 saturated heterocycles. The minimum atomic E-state index is 0.489. The van der Waals surface area contributed by atoms with Gasteiger partial charge in [0.25, 0.3) is 0 Å². The predicted molar refractivity (Wildman–Crippen MR) is 86.3 cm³/mol. The lowest BCUT2D eigenvalue weighted by molar-refractivity contribution is 0.208. The molecule has 2 heterocycles. The van der Waals surface area contributed by atoms with Gasteiger partial charge in [-0.05, 0) is 31.9 Å². The van der Waals surface area contributed by atoms with Crippen LogP contribution in [0.3, 0.4) is 0 Å². The Morgan fingerprint density at radius 1 is 1.29 bits per heavy atom. The number of rotatable bonds is 4. The normalized spacial score (nSPS) is 19.6. The van der Waals surface area contributed by atoms with E-state index in [4.69, 9.17) is 0 Å². The predicted octanol–water partition coefficient (Wildman–Crippen LogP) is 2.81. The van der Waals surface area contributed by atoms with E-state index in [0.717, 1.165) is 24.7 Å². The summed E-state index contributed by atoms with van der Waals surface area (Å²) >= 11 is 0. The smallest absolute Gasteiger partial charge is 0.203 e. The van der Waals surface area contributed by atoms with Gasteiger partial charge >= 0.3 is 0 Å². The Bertz CT molecular complexity index is 576. The average molecular weight is 284 g/mol. The fourth-order valence-corrected chi connectivity index (χ4v) is 3.09. The molecule has 0 spiro atoms. The van der Waals surface area contributed by atoms with Crippen LogP contribution in [0.25, 0.3) is 0 Å². The lowest BCUT2D eigenvalue weighted by atomic mass is 10.0. The highest BCUT2D eigenvalue weighted by molar-refractivity contribution is 5.30. The Balaban J connectivity index is 1.59. The van der Waals surface area contributed by atoms with Crippen molar-refractivity contribution in [3.05, 3.63) is 47.8 Å². The number of hydrogen-bond donors (Lipinski definition) is 1. The van der Waals surface area contributed by atoms with Crippen molar-refractivity contribution in [2.75, 3.05) is 18.4 Å². The zero-order valence-corrected chi connectivity index (χ0v) is 12.9. The topological polar surface area (TPSA) is 33.1 Å². The number of benzene rings is 1. The fraction of sp³-hybridized carbons (Fsp3) is 0.471. The maximum atomic E-state index is 4.55. The number of piperidine rings is 1. The molecule has 1 aromatic carbocycles. The maximum absolute atomic E-state index is 4.55. The van der Waals surface area contributed by atoms with E-state index in [1.807, 2.05) is 14.0 Å². The van der Waals surface area contributed by atoms with Gasteiger partial charge in [0.05, 0.1) is 5.69 Å². The van der Waals surface area contributed by atoms with Crippen LogP contribution in [0.4, 0.5) is 5.95 Å². The Labute approximate surface area is 126 Å². The zero-order valence-electron chi connectivity index (χ0n) is 12.9. The summed E-state index contributed by atoms with van der Waals surface area (Å²) in [5.41, 5.74) is 2.46. The molecule has 1 aromatic heterocycles. The van der Waals surface area contributed by atoms with Gasteiger partial charge < -0.3 is 9.88 Å². The van der Waals surface area contributed by atoms with Crippen LogP contribution in [0, 0.1) is 6.92 Å². The van der Waals surface area contributed by atoms with E-state index in [0.29, 0.717) is 6.04 Å². The number of aromatic nitrogens is 2. The van der Waals surface area contributed by atoms with Crippen LogP contribution >= 0.6 is 0 Å². The van der Waals surface area contributed by atoms with Gasteiger partial charge in [-0.15, -0.1) is 0 Å². The van der Waals surface area contributed by atoms with E-state index >= 15 is 0 Å². The minimum Gasteiger partial charge on any atom is -0.352 e. The molecule has 2 aromatic rings. The van der Waals surface area contributed by atoms with Crippen LogP contribution in [0.1, 0.15) is 24.1 Å². The molecule has 0 amide bonds. The van der Waals surface area contributed by atoms with E-state index in [1.165, 1.54) is 24.9 Å². The SMILES string of the molecule is Cc1cn(C)c(NC2CCCN(Cc3ccccc3)C2)n1. The molecule has 3 rings (SSSR count). The number of likely N-dealkylation sites (tertiary alicyclic amines) is 1. The number of aryl methyl sites for hydroxylation is 2. The van der Waals surface area contributed by atoms with Crippen molar-refractivity contribution in [2.24, 2.45) is 7.05 Å². The van der Waals surface area contributed by atoms with Crippen molar-refractivity contribution in [1.82, 2.24) is 14.5 Å². The number of imidazole rings is 1. The molecule has 0 bridgehead atoms. The first-order valence-electron chi connectivity index (χ1n) is 7.73. The number of anilines is 1. The highest BCUT2D eigenvalue weighted by atomic mass is 15.2. The van der Waals surface area contributed by atoms with Gasteiger partial charge in [-0.25, -0.2) is 4.98 Å². The summed E-state index contributed by atoms with van der Waals surface area (Å²) in [5, 5.41) is 3.60. The monoisotopic (exact) mass is 284 g/mol. The molecular formula is C17H24N4. The standard InChI is InChI=1S/C17H24N4/c1-14-11-20(2)17(18-14)19-16-9-6-10-21(13-16)12-15-7-4-3-5-8-15/h3-5,7-8,11,16H,6,9-10,12-13H2,1-2H3,(H,18,19). The first-order chi connectivity index (χ1) is 10.2. The van der Waals surface area contributed by atoms with E-state index in [9.17, 15) is 0 Å². The van der Waals surface area contributed by atoms with Crippen LogP contribution in [0.5, 0.6) is 0 Å². The summed E-state index contributed by atoms with van der Waals surface area (Å²) in [6.45, 7) is 5.35. The number of nitrogens with zero attached hydrogens (tertiary/aromatic N) is 3. The third-order valence-electron chi connectivity index (χ3n) is 4.08. The average Bonchev–Trinajstić information content (AvgIpc) is 2.78. The Morgan fingerprint density at radius 2 is 2.10 bits per heavy atom. The molecule has 21 heavy (non-hydrogen) atoms. The highest BCUT2D eigenvalue weighted by Gasteiger charge is 2.20. The van der Waals surface area contributed by atoms with Crippen LogP contribution in [-0.4, -0.2) is 33.6 Å². The first-order valence-corrected chi connectivity index (χ1v) is 7.73. The van der Waals surface area contributed by atoms with Crippen molar-refractivity contribution in [3.63, 3.8) is 0 Å². The molecule has 4 nitrogen and oxygen atoms in total. The lowest BCUT2D eigenvalue weighted by Gasteiger charge is -2.33. The Hall–Kier alpha value is -1.81. The molecule has 1 N–H and O–H groups in total. The molecule has 4 heteroatoms. The molecule has 0 radical (unpaired) electrons. The summed E-state index contributed by atoms with van der Waals surface area (Å²) in [6, 6.07) is 11.2. The van der Waals surface area contributed by atoms with E-state index in [2.05, 4.69) is 56.3 Å². The third kappa shape index (κ3) is 3.64. The summed E-state index contributed by atoms with van der Waals surface area (Å²) in [7, 11) is 2.05. The highest BCUT2D eigenvalue weighted by Crippen LogP contribution is 2.17. The second kappa shape index (κ2) is 6.31. The molecule has 0 saturated carbocycles. The van der Waals surface area contributed by atoms with Gasteiger partial charge in [0, 0.05) is 32.4 Å². The van der Waals surface area contributed by atoms with E-state index in [1.54, 1.807) is 0 Å². The Morgan fingerprint density at radius 3 is 2.81 bits per heavy atom. The van der Waals surface area contributed by atoms with Crippen molar-refractivity contribution in [2.45, 2.75) is 32.4 Å². The summed E-state index contributed by atoms with van der Waals surface area (Å²) in [4.78, 5) is 7.08. The quantitative estimate of drug-likeness (QED) is 0.937. The van der Waals surface area contributed by atoms with Crippen molar-refractivity contribution in [1.29, 1.82) is 0 Å². The minimum absolute atomic E-state index is 0.489. The molecule has 1 fully saturated rings. The van der Waals surface area contributed by atoms with Crippen molar-refractivity contribution < 1.29 is 0 Å². The fourth-order valence-electron chi connectivity index (χ4n) is 3.09. The molecule has 1 aliphatic heterocycles. The molecule has 1 unspecified atom stereocenters. The van der Waals surface area contributed by atoms with Gasteiger partial charge in [-0.1, -0.05) is 30.3 Å². The lowest BCUT2D eigenvalue weighted by Crippen LogP contribution is -2.42. The molecule has 1 atom stereocenters. The Kier molecular flexibility index (Phi) is 4.25. The van der Waals surface area contributed by atoms with Gasteiger partial charge in [0.15, 0.2) is 0 Å². The molecule has 1 aliphatic rings. The van der Waals surface area contributed by atoms with Crippen LogP contribution in [0.2, 0.25) is 0 Å². The maximum Gasteiger partial charge on any atom is 0.203 e. The van der Waals surface area contributed by atoms with E-state index in [-0.39, 0.29) is 0 Å². The summed E-state index contributed by atoms with van der Waals surface area (Å²) in [6.07, 6.45) is 4.53. The second-order valence-corrected chi connectivity index (χ2v) is 6.02. The van der Waals surface area contributed by atoms with Gasteiger partial charge in [0.1, 0.15) is 0 Å². The van der Waals surface area contributed by atoms with E-state index < -0.39 is 0 Å². The number of hydrogen-bond acceptors (Lipinski definition) is 3. The number of nitrogens with one attached hydrogen (secondary N) is 1. The summed E-state index contributed by atoms with van der Waals surface area (Å²) in [5.74, 6) is 0.985. The largest absolute Gasteiger partial charge is 0.352 e.